The fourth-order valence-corrected chi connectivity index (χ4v) is 4.16. The van der Waals surface area contributed by atoms with Gasteiger partial charge in [0.1, 0.15) is 0 Å². The van der Waals surface area contributed by atoms with Crippen molar-refractivity contribution in [3.05, 3.63) is 29.3 Å². The Labute approximate surface area is 162 Å². The van der Waals surface area contributed by atoms with Crippen LogP contribution in [0.1, 0.15) is 49.3 Å². The summed E-state index contributed by atoms with van der Waals surface area (Å²) in [5, 5.41) is 5.71. The normalized spacial score (nSPS) is 18.3. The summed E-state index contributed by atoms with van der Waals surface area (Å²) in [6.45, 7) is 1.46. The lowest BCUT2D eigenvalue weighted by molar-refractivity contribution is -0.139. The molecule has 1 unspecified atom stereocenters. The van der Waals surface area contributed by atoms with Crippen molar-refractivity contribution in [2.45, 2.75) is 50.6 Å². The summed E-state index contributed by atoms with van der Waals surface area (Å²) in [7, 11) is 6.11. The third-order valence-corrected chi connectivity index (χ3v) is 5.84. The number of carbonyl (C=O) groups is 2. The smallest absolute Gasteiger partial charge is 0.309 e. The Morgan fingerprint density at radius 1 is 1.19 bits per heavy atom. The molecule has 0 aromatic heterocycles. The minimum atomic E-state index is -0.534. The van der Waals surface area contributed by atoms with Crippen molar-refractivity contribution in [2.24, 2.45) is 0 Å². The van der Waals surface area contributed by atoms with Gasteiger partial charge in [-0.15, -0.1) is 0 Å². The highest BCUT2D eigenvalue weighted by Gasteiger charge is 2.23. The molecule has 0 spiro atoms. The van der Waals surface area contributed by atoms with Crippen molar-refractivity contribution < 1.29 is 9.59 Å². The maximum absolute atomic E-state index is 12.3. The number of rotatable bonds is 5. The molecule has 0 saturated heterocycles. The van der Waals surface area contributed by atoms with Crippen molar-refractivity contribution in [2.75, 3.05) is 39.1 Å². The van der Waals surface area contributed by atoms with Gasteiger partial charge in [0.2, 0.25) is 0 Å². The maximum atomic E-state index is 12.3. The molecule has 0 bridgehead atoms. The summed E-state index contributed by atoms with van der Waals surface area (Å²) in [6.07, 6.45) is 6.48. The SMILES string of the molecule is CN1CCc2cc(C(CNC(=O)C(=O)NC3CCCCC3)N(C)C)ccc21. The molecule has 6 nitrogen and oxygen atoms in total. The van der Waals surface area contributed by atoms with Crippen LogP contribution >= 0.6 is 0 Å². The predicted molar refractivity (Wildman–Crippen MR) is 108 cm³/mol. The molecule has 1 aromatic carbocycles. The van der Waals surface area contributed by atoms with E-state index < -0.39 is 11.8 Å². The molecule has 148 valence electrons. The van der Waals surface area contributed by atoms with E-state index in [1.54, 1.807) is 0 Å². The Morgan fingerprint density at radius 3 is 2.63 bits per heavy atom. The van der Waals surface area contributed by atoms with Crippen LogP contribution in [-0.2, 0) is 16.0 Å². The number of nitrogens with one attached hydrogen (secondary N) is 2. The van der Waals surface area contributed by atoms with E-state index in [1.165, 1.54) is 23.2 Å². The third kappa shape index (κ3) is 4.80. The van der Waals surface area contributed by atoms with Gasteiger partial charge in [-0.05, 0) is 50.6 Å². The number of hydrogen-bond donors (Lipinski definition) is 2. The molecule has 1 aromatic rings. The van der Waals surface area contributed by atoms with Crippen molar-refractivity contribution in [1.29, 1.82) is 0 Å². The van der Waals surface area contributed by atoms with Crippen molar-refractivity contribution in [3.63, 3.8) is 0 Å². The molecule has 6 heteroatoms. The van der Waals surface area contributed by atoms with E-state index in [1.807, 2.05) is 14.1 Å². The molecule has 1 saturated carbocycles. The van der Waals surface area contributed by atoms with Gasteiger partial charge in [0.25, 0.3) is 0 Å². The van der Waals surface area contributed by atoms with Crippen LogP contribution in [0.3, 0.4) is 0 Å². The summed E-state index contributed by atoms with van der Waals surface area (Å²) in [6, 6.07) is 6.70. The van der Waals surface area contributed by atoms with E-state index >= 15 is 0 Å². The molecule has 27 heavy (non-hydrogen) atoms. The number of amides is 2. The minimum absolute atomic E-state index is 0.0348. The van der Waals surface area contributed by atoms with Crippen molar-refractivity contribution >= 4 is 17.5 Å². The average molecular weight is 373 g/mol. The van der Waals surface area contributed by atoms with E-state index in [2.05, 4.69) is 45.7 Å². The van der Waals surface area contributed by atoms with Gasteiger partial charge in [-0.1, -0.05) is 31.4 Å². The molecule has 1 aliphatic heterocycles. The first-order valence-corrected chi connectivity index (χ1v) is 10.0. The Morgan fingerprint density at radius 2 is 1.93 bits per heavy atom. The van der Waals surface area contributed by atoms with E-state index in [0.717, 1.165) is 38.6 Å². The molecule has 1 fully saturated rings. The molecule has 2 amide bonds. The molecular formula is C21H32N4O2. The Bertz CT molecular complexity index is 683. The molecule has 2 N–H and O–H groups in total. The highest BCUT2D eigenvalue weighted by molar-refractivity contribution is 6.35. The highest BCUT2D eigenvalue weighted by Crippen LogP contribution is 2.30. The van der Waals surface area contributed by atoms with Crippen LogP contribution in [0.15, 0.2) is 18.2 Å². The Hall–Kier alpha value is -2.08. The second-order valence-corrected chi connectivity index (χ2v) is 8.06. The summed E-state index contributed by atoms with van der Waals surface area (Å²) in [5.41, 5.74) is 3.80. The van der Waals surface area contributed by atoms with E-state index in [9.17, 15) is 9.59 Å². The van der Waals surface area contributed by atoms with Gasteiger partial charge in [-0.3, -0.25) is 9.59 Å². The van der Waals surface area contributed by atoms with E-state index in [4.69, 9.17) is 0 Å². The topological polar surface area (TPSA) is 64.7 Å². The fourth-order valence-electron chi connectivity index (χ4n) is 4.16. The van der Waals surface area contributed by atoms with E-state index in [-0.39, 0.29) is 12.1 Å². The van der Waals surface area contributed by atoms with Crippen LogP contribution in [0.4, 0.5) is 5.69 Å². The van der Waals surface area contributed by atoms with Gasteiger partial charge in [0.05, 0.1) is 6.04 Å². The van der Waals surface area contributed by atoms with Gasteiger partial charge in [-0.25, -0.2) is 0 Å². The number of nitrogens with zero attached hydrogens (tertiary/aromatic N) is 2. The molecule has 1 atom stereocenters. The predicted octanol–water partition coefficient (Wildman–Crippen LogP) is 1.85. The second kappa shape index (κ2) is 8.74. The summed E-state index contributed by atoms with van der Waals surface area (Å²) < 4.78 is 0. The maximum Gasteiger partial charge on any atom is 0.309 e. The van der Waals surface area contributed by atoms with Crippen LogP contribution in [0.5, 0.6) is 0 Å². The van der Waals surface area contributed by atoms with E-state index in [0.29, 0.717) is 6.54 Å². The number of hydrogen-bond acceptors (Lipinski definition) is 4. The van der Waals surface area contributed by atoms with Crippen molar-refractivity contribution in [1.82, 2.24) is 15.5 Å². The second-order valence-electron chi connectivity index (χ2n) is 8.06. The third-order valence-electron chi connectivity index (χ3n) is 5.84. The van der Waals surface area contributed by atoms with Gasteiger partial charge in [0, 0.05) is 31.9 Å². The first-order chi connectivity index (χ1) is 13.0. The van der Waals surface area contributed by atoms with Crippen LogP contribution in [0, 0.1) is 0 Å². The molecular weight excluding hydrogens is 340 g/mol. The van der Waals surface area contributed by atoms with Crippen LogP contribution in [0.2, 0.25) is 0 Å². The zero-order valence-electron chi connectivity index (χ0n) is 16.8. The first-order valence-electron chi connectivity index (χ1n) is 10.0. The lowest BCUT2D eigenvalue weighted by Crippen LogP contribution is -2.46. The van der Waals surface area contributed by atoms with Gasteiger partial charge in [0.15, 0.2) is 0 Å². The Kier molecular flexibility index (Phi) is 6.37. The monoisotopic (exact) mass is 372 g/mol. The van der Waals surface area contributed by atoms with Crippen LogP contribution in [-0.4, -0.2) is 57.0 Å². The zero-order chi connectivity index (χ0) is 19.4. The fraction of sp³-hybridized carbons (Fsp3) is 0.619. The van der Waals surface area contributed by atoms with Crippen LogP contribution < -0.4 is 15.5 Å². The molecule has 1 heterocycles. The summed E-state index contributed by atoms with van der Waals surface area (Å²) in [5.74, 6) is -1.04. The first kappa shape index (κ1) is 19.7. The molecule has 2 aliphatic rings. The van der Waals surface area contributed by atoms with Gasteiger partial charge < -0.3 is 20.4 Å². The standard InChI is InChI=1S/C21H32N4O2/c1-24(2)19(15-9-10-18-16(13-15)11-12-25(18)3)14-22-20(26)21(27)23-17-7-5-4-6-8-17/h9-10,13,17,19H,4-8,11-12,14H2,1-3H3,(H,22,26)(H,23,27). The largest absolute Gasteiger partial charge is 0.374 e. The van der Waals surface area contributed by atoms with Gasteiger partial charge in [-0.2, -0.15) is 0 Å². The number of benzene rings is 1. The highest BCUT2D eigenvalue weighted by atomic mass is 16.2. The van der Waals surface area contributed by atoms with Crippen molar-refractivity contribution in [3.8, 4) is 0 Å². The summed E-state index contributed by atoms with van der Waals surface area (Å²) in [4.78, 5) is 28.8. The Balaban J connectivity index is 1.58. The lowest BCUT2D eigenvalue weighted by atomic mass is 9.95. The number of anilines is 1. The van der Waals surface area contributed by atoms with Gasteiger partial charge >= 0.3 is 11.8 Å². The lowest BCUT2D eigenvalue weighted by Gasteiger charge is -2.26. The number of likely N-dealkylation sites (N-methyl/N-ethyl adjacent to an activating group) is 2. The summed E-state index contributed by atoms with van der Waals surface area (Å²) >= 11 is 0. The molecule has 3 rings (SSSR count). The number of fused-ring (bicyclic) bond motifs is 1. The average Bonchev–Trinajstić information content (AvgIpc) is 3.02. The molecule has 0 radical (unpaired) electrons. The van der Waals surface area contributed by atoms with Crippen LogP contribution in [0.25, 0.3) is 0 Å². The quantitative estimate of drug-likeness (QED) is 0.774. The molecule has 1 aliphatic carbocycles. The number of carbonyl (C=O) groups excluding carboxylic acids is 2. The zero-order valence-corrected chi connectivity index (χ0v) is 16.8. The minimum Gasteiger partial charge on any atom is -0.374 e.